The quantitative estimate of drug-likeness (QED) is 0.0263. The molecule has 346 valence electrons. The van der Waals surface area contributed by atoms with Gasteiger partial charge in [-0.2, -0.15) is 0 Å². The lowest BCUT2D eigenvalue weighted by Gasteiger charge is -2.18. The molecule has 0 aromatic carbocycles. The van der Waals surface area contributed by atoms with Crippen LogP contribution in [0.25, 0.3) is 0 Å². The van der Waals surface area contributed by atoms with E-state index < -0.39 is 6.10 Å². The van der Waals surface area contributed by atoms with E-state index in [-0.39, 0.29) is 31.1 Å². The van der Waals surface area contributed by atoms with E-state index in [1.165, 1.54) is 167 Å². The van der Waals surface area contributed by atoms with Crippen LogP contribution in [0.1, 0.15) is 278 Å². The van der Waals surface area contributed by atoms with Gasteiger partial charge in [0.15, 0.2) is 6.10 Å². The topological polar surface area (TPSA) is 78.9 Å². The zero-order chi connectivity index (χ0) is 43.0. The summed E-state index contributed by atoms with van der Waals surface area (Å²) in [4.78, 5) is 37.9. The molecule has 0 aliphatic carbocycles. The molecule has 0 radical (unpaired) electrons. The molecule has 0 saturated heterocycles. The maximum atomic E-state index is 12.8. The summed E-state index contributed by atoms with van der Waals surface area (Å²) >= 11 is 0. The van der Waals surface area contributed by atoms with Crippen molar-refractivity contribution in [1.29, 1.82) is 0 Å². The van der Waals surface area contributed by atoms with Crippen LogP contribution >= 0.6 is 0 Å². The second-order valence-electron chi connectivity index (χ2n) is 17.4. The first-order chi connectivity index (χ1) is 29.0. The Hall–Kier alpha value is -2.11. The van der Waals surface area contributed by atoms with Crippen molar-refractivity contribution < 1.29 is 28.6 Å². The summed E-state index contributed by atoms with van der Waals surface area (Å²) < 4.78 is 16.8. The van der Waals surface area contributed by atoms with Crippen LogP contribution in [0.2, 0.25) is 0 Å². The summed E-state index contributed by atoms with van der Waals surface area (Å²) in [5, 5.41) is 0. The minimum atomic E-state index is -0.775. The lowest BCUT2D eigenvalue weighted by Crippen LogP contribution is -2.30. The van der Waals surface area contributed by atoms with E-state index >= 15 is 0 Å². The normalized spacial score (nSPS) is 12.1. The van der Waals surface area contributed by atoms with Gasteiger partial charge in [0.2, 0.25) is 0 Å². The van der Waals surface area contributed by atoms with Gasteiger partial charge in [-0.25, -0.2) is 0 Å². The van der Waals surface area contributed by atoms with Gasteiger partial charge in [-0.05, 0) is 70.6 Å². The number of unbranched alkanes of at least 4 members (excludes halogenated alkanes) is 32. The number of rotatable bonds is 47. The molecular weight excluding hydrogens is 733 g/mol. The van der Waals surface area contributed by atoms with Crippen molar-refractivity contribution in [3.05, 3.63) is 24.3 Å². The highest BCUT2D eigenvalue weighted by molar-refractivity contribution is 5.71. The predicted molar refractivity (Wildman–Crippen MR) is 252 cm³/mol. The van der Waals surface area contributed by atoms with E-state index in [0.717, 1.165) is 70.6 Å². The Balaban J connectivity index is 4.33. The molecule has 0 aromatic heterocycles. The average Bonchev–Trinajstić information content (AvgIpc) is 3.23. The molecule has 0 heterocycles. The Bertz CT molecular complexity index is 958. The van der Waals surface area contributed by atoms with Crippen molar-refractivity contribution in [2.45, 2.75) is 284 Å². The van der Waals surface area contributed by atoms with Crippen LogP contribution in [0.3, 0.4) is 0 Å². The fourth-order valence-electron chi connectivity index (χ4n) is 7.49. The minimum Gasteiger partial charge on any atom is -0.462 e. The maximum Gasteiger partial charge on any atom is 0.306 e. The monoisotopic (exact) mass is 831 g/mol. The van der Waals surface area contributed by atoms with Crippen LogP contribution < -0.4 is 0 Å². The summed E-state index contributed by atoms with van der Waals surface area (Å²) in [5.41, 5.74) is 0. The van der Waals surface area contributed by atoms with E-state index in [9.17, 15) is 14.4 Å². The lowest BCUT2D eigenvalue weighted by molar-refractivity contribution is -0.167. The Morgan fingerprint density at radius 2 is 0.559 bits per heavy atom. The summed E-state index contributed by atoms with van der Waals surface area (Å²) in [6.45, 7) is 6.62. The van der Waals surface area contributed by atoms with E-state index in [1.807, 2.05) is 0 Å². The number of carbonyl (C=O) groups excluding carboxylic acids is 3. The number of ether oxygens (including phenoxy) is 3. The van der Waals surface area contributed by atoms with Gasteiger partial charge in [-0.3, -0.25) is 14.4 Å². The van der Waals surface area contributed by atoms with Crippen LogP contribution in [0.15, 0.2) is 24.3 Å². The highest BCUT2D eigenvalue weighted by atomic mass is 16.6. The summed E-state index contributed by atoms with van der Waals surface area (Å²) in [6, 6.07) is 0. The first-order valence-corrected chi connectivity index (χ1v) is 25.8. The third-order valence-corrected chi connectivity index (χ3v) is 11.4. The molecule has 0 bridgehead atoms. The van der Waals surface area contributed by atoms with Crippen molar-refractivity contribution in [2.75, 3.05) is 13.2 Å². The first kappa shape index (κ1) is 56.9. The van der Waals surface area contributed by atoms with Gasteiger partial charge in [-0.1, -0.05) is 212 Å². The second kappa shape index (κ2) is 48.6. The molecule has 0 rings (SSSR count). The zero-order valence-corrected chi connectivity index (χ0v) is 39.5. The molecular formula is C53H98O6. The van der Waals surface area contributed by atoms with Gasteiger partial charge in [0.05, 0.1) is 0 Å². The Kier molecular flexibility index (Phi) is 46.8. The second-order valence-corrected chi connectivity index (χ2v) is 17.4. The van der Waals surface area contributed by atoms with Gasteiger partial charge >= 0.3 is 17.9 Å². The molecule has 0 fully saturated rings. The van der Waals surface area contributed by atoms with Crippen LogP contribution in [0, 0.1) is 0 Å². The van der Waals surface area contributed by atoms with E-state index in [2.05, 4.69) is 45.1 Å². The number of carbonyl (C=O) groups is 3. The SMILES string of the molecule is CCCCCCCC/C=C\CCCCCCCCCC(=O)OCC(COC(=O)CCCCCCCCCCCC)OC(=O)CCCCC/C=C\CCCCCCCCC. The van der Waals surface area contributed by atoms with Crippen molar-refractivity contribution in [3.8, 4) is 0 Å². The Morgan fingerprint density at radius 1 is 0.322 bits per heavy atom. The van der Waals surface area contributed by atoms with Crippen molar-refractivity contribution in [3.63, 3.8) is 0 Å². The molecule has 0 aliphatic heterocycles. The van der Waals surface area contributed by atoms with Gasteiger partial charge in [-0.15, -0.1) is 0 Å². The standard InChI is InChI=1S/C53H98O6/c1-4-7-10-13-16-19-22-24-26-27-28-30-31-34-37-40-43-46-52(55)58-49-50(48-57-51(54)45-42-39-36-33-21-18-15-12-9-6-3)59-53(56)47-44-41-38-35-32-29-25-23-20-17-14-11-8-5-2/h24,26,29,32,50H,4-23,25,27-28,30-31,33-49H2,1-3H3/b26-24-,32-29-. The maximum absolute atomic E-state index is 12.8. The molecule has 0 N–H and O–H groups in total. The Labute approximate surface area is 366 Å². The third kappa shape index (κ3) is 46.8. The molecule has 0 aliphatic rings. The zero-order valence-electron chi connectivity index (χ0n) is 39.5. The number of esters is 3. The van der Waals surface area contributed by atoms with E-state index in [1.54, 1.807) is 0 Å². The molecule has 0 spiro atoms. The van der Waals surface area contributed by atoms with Crippen LogP contribution in [-0.2, 0) is 28.6 Å². The van der Waals surface area contributed by atoms with Gasteiger partial charge < -0.3 is 14.2 Å². The number of hydrogen-bond donors (Lipinski definition) is 0. The van der Waals surface area contributed by atoms with Crippen LogP contribution in [0.4, 0.5) is 0 Å². The largest absolute Gasteiger partial charge is 0.462 e. The molecule has 0 saturated carbocycles. The Morgan fingerprint density at radius 3 is 0.864 bits per heavy atom. The fraction of sp³-hybridized carbons (Fsp3) is 0.868. The minimum absolute atomic E-state index is 0.0753. The summed E-state index contributed by atoms with van der Waals surface area (Å²) in [6.07, 6.45) is 54.5. The van der Waals surface area contributed by atoms with Gasteiger partial charge in [0.25, 0.3) is 0 Å². The molecule has 6 nitrogen and oxygen atoms in total. The van der Waals surface area contributed by atoms with Crippen LogP contribution in [-0.4, -0.2) is 37.2 Å². The van der Waals surface area contributed by atoms with Gasteiger partial charge in [0, 0.05) is 19.3 Å². The first-order valence-electron chi connectivity index (χ1n) is 25.8. The van der Waals surface area contributed by atoms with Gasteiger partial charge in [0.1, 0.15) is 13.2 Å². The lowest BCUT2D eigenvalue weighted by atomic mass is 10.1. The fourth-order valence-corrected chi connectivity index (χ4v) is 7.49. The molecule has 0 aromatic rings. The van der Waals surface area contributed by atoms with Crippen molar-refractivity contribution in [1.82, 2.24) is 0 Å². The van der Waals surface area contributed by atoms with Crippen LogP contribution in [0.5, 0.6) is 0 Å². The number of hydrogen-bond acceptors (Lipinski definition) is 6. The molecule has 1 unspecified atom stereocenters. The average molecular weight is 831 g/mol. The smallest absolute Gasteiger partial charge is 0.306 e. The molecule has 6 heteroatoms. The summed E-state index contributed by atoms with van der Waals surface area (Å²) in [5.74, 6) is -0.886. The van der Waals surface area contributed by atoms with E-state index in [4.69, 9.17) is 14.2 Å². The third-order valence-electron chi connectivity index (χ3n) is 11.4. The highest BCUT2D eigenvalue weighted by Gasteiger charge is 2.19. The molecule has 59 heavy (non-hydrogen) atoms. The molecule has 1 atom stereocenters. The number of allylic oxidation sites excluding steroid dienone is 4. The summed E-state index contributed by atoms with van der Waals surface area (Å²) in [7, 11) is 0. The van der Waals surface area contributed by atoms with Crippen molar-refractivity contribution in [2.24, 2.45) is 0 Å². The highest BCUT2D eigenvalue weighted by Crippen LogP contribution is 2.15. The van der Waals surface area contributed by atoms with E-state index in [0.29, 0.717) is 19.3 Å². The predicted octanol–water partition coefficient (Wildman–Crippen LogP) is 16.8. The molecule has 0 amide bonds. The van der Waals surface area contributed by atoms with Crippen molar-refractivity contribution >= 4 is 17.9 Å².